The molecule has 6 heteroatoms. The minimum absolute atomic E-state index is 0.294. The van der Waals surface area contributed by atoms with Crippen molar-refractivity contribution in [2.75, 3.05) is 7.11 Å². The molecule has 0 bridgehead atoms. The van der Waals surface area contributed by atoms with Crippen LogP contribution in [0.15, 0.2) is 60.7 Å². The maximum absolute atomic E-state index is 12.4. The number of Topliss-reactive ketones (excluding diaryl/α,β-unsaturated/α-hetero) is 1. The van der Waals surface area contributed by atoms with E-state index in [-0.39, 0.29) is 12.2 Å². The molecule has 0 aromatic heterocycles. The van der Waals surface area contributed by atoms with E-state index in [0.717, 1.165) is 7.11 Å². The van der Waals surface area contributed by atoms with E-state index in [1.165, 1.54) is 0 Å². The van der Waals surface area contributed by atoms with Gasteiger partial charge in [-0.2, -0.15) is 0 Å². The summed E-state index contributed by atoms with van der Waals surface area (Å²) in [5.74, 6) is -2.31. The second-order valence-corrected chi connectivity index (χ2v) is 5.26. The zero-order valence-electron chi connectivity index (χ0n) is 13.1. The third-order valence-electron chi connectivity index (χ3n) is 3.75. The van der Waals surface area contributed by atoms with Gasteiger partial charge in [0, 0.05) is 22.5 Å². The van der Waals surface area contributed by atoms with Crippen LogP contribution >= 0.6 is 0 Å². The molecule has 0 fully saturated rings. The van der Waals surface area contributed by atoms with Gasteiger partial charge in [0.25, 0.3) is 6.04 Å². The summed E-state index contributed by atoms with van der Waals surface area (Å²) in [7, 11) is 1.16. The van der Waals surface area contributed by atoms with Gasteiger partial charge in [-0.05, 0) is 0 Å². The number of ketones is 1. The van der Waals surface area contributed by atoms with Crippen molar-refractivity contribution in [1.29, 1.82) is 0 Å². The van der Waals surface area contributed by atoms with Gasteiger partial charge in [0.05, 0.1) is 7.11 Å². The first-order valence-electron chi connectivity index (χ1n) is 7.39. The highest BCUT2D eigenvalue weighted by molar-refractivity contribution is 5.98. The second-order valence-electron chi connectivity index (χ2n) is 5.26. The van der Waals surface area contributed by atoms with Crippen molar-refractivity contribution in [1.82, 2.24) is 0 Å². The quantitative estimate of drug-likeness (QED) is 0.337. The van der Waals surface area contributed by atoms with E-state index in [0.29, 0.717) is 11.1 Å². The first-order chi connectivity index (χ1) is 11.5. The van der Waals surface area contributed by atoms with Crippen molar-refractivity contribution in [3.05, 3.63) is 81.9 Å². The molecule has 0 spiro atoms. The fourth-order valence-corrected chi connectivity index (χ4v) is 2.57. The lowest BCUT2D eigenvalue weighted by atomic mass is 9.88. The van der Waals surface area contributed by atoms with E-state index < -0.39 is 22.9 Å². The van der Waals surface area contributed by atoms with Gasteiger partial charge in [-0.3, -0.25) is 19.7 Å². The summed E-state index contributed by atoms with van der Waals surface area (Å²) in [5.41, 5.74) is 0.764. The molecule has 0 aliphatic rings. The summed E-state index contributed by atoms with van der Waals surface area (Å²) in [5, 5.41) is 11.6. The first kappa shape index (κ1) is 17.3. The van der Waals surface area contributed by atoms with Crippen LogP contribution in [-0.2, 0) is 9.53 Å². The number of carbonyl (C=O) groups is 2. The number of ether oxygens (including phenoxy) is 1. The third kappa shape index (κ3) is 4.04. The van der Waals surface area contributed by atoms with Crippen molar-refractivity contribution in [3.8, 4) is 0 Å². The number of hydrogen-bond acceptors (Lipinski definition) is 5. The summed E-state index contributed by atoms with van der Waals surface area (Å²) in [4.78, 5) is 35.5. The van der Waals surface area contributed by atoms with Crippen LogP contribution in [-0.4, -0.2) is 23.8 Å². The van der Waals surface area contributed by atoms with Gasteiger partial charge in [0.2, 0.25) is 0 Å². The Labute approximate surface area is 139 Å². The monoisotopic (exact) mass is 327 g/mol. The molecule has 0 aliphatic carbocycles. The van der Waals surface area contributed by atoms with Crippen LogP contribution in [0.5, 0.6) is 0 Å². The summed E-state index contributed by atoms with van der Waals surface area (Å²) in [6, 6.07) is 15.2. The Balaban J connectivity index is 2.34. The van der Waals surface area contributed by atoms with Gasteiger partial charge < -0.3 is 4.74 Å². The highest BCUT2D eigenvalue weighted by Crippen LogP contribution is 2.30. The average molecular weight is 327 g/mol. The minimum Gasteiger partial charge on any atom is -0.469 e. The van der Waals surface area contributed by atoms with E-state index in [1.54, 1.807) is 60.7 Å². The number of benzene rings is 2. The van der Waals surface area contributed by atoms with Gasteiger partial charge in [0.1, 0.15) is 5.92 Å². The van der Waals surface area contributed by atoms with Crippen molar-refractivity contribution in [2.45, 2.75) is 12.5 Å². The maximum atomic E-state index is 12.4. The molecule has 0 aliphatic heterocycles. The Kier molecular flexibility index (Phi) is 5.78. The summed E-state index contributed by atoms with van der Waals surface area (Å²) < 4.78 is 4.71. The molecule has 0 saturated heterocycles. The van der Waals surface area contributed by atoms with Gasteiger partial charge in [-0.1, -0.05) is 60.7 Å². The molecule has 24 heavy (non-hydrogen) atoms. The number of hydrogen-bond donors (Lipinski definition) is 0. The lowest BCUT2D eigenvalue weighted by Gasteiger charge is -2.18. The largest absolute Gasteiger partial charge is 0.469 e. The molecule has 0 unspecified atom stereocenters. The normalized spacial score (nSPS) is 12.9. The van der Waals surface area contributed by atoms with Crippen LogP contribution in [0.25, 0.3) is 0 Å². The summed E-state index contributed by atoms with van der Waals surface area (Å²) >= 11 is 0. The molecule has 6 nitrogen and oxygen atoms in total. The smallest absolute Gasteiger partial charge is 0.316 e. The number of nitro groups is 1. The van der Waals surface area contributed by atoms with Crippen LogP contribution in [0.4, 0.5) is 0 Å². The lowest BCUT2D eigenvalue weighted by molar-refractivity contribution is -0.536. The van der Waals surface area contributed by atoms with Crippen LogP contribution in [0.3, 0.4) is 0 Å². The SMILES string of the molecule is COC(=O)[C@@H](CC(=O)c1ccccc1)[C@H](c1ccccc1)[N+](=O)[O-]. The first-order valence-corrected chi connectivity index (χ1v) is 7.39. The van der Waals surface area contributed by atoms with Crippen molar-refractivity contribution in [3.63, 3.8) is 0 Å². The molecule has 0 saturated carbocycles. The fourth-order valence-electron chi connectivity index (χ4n) is 2.57. The highest BCUT2D eigenvalue weighted by Gasteiger charge is 2.40. The molecule has 2 atom stereocenters. The summed E-state index contributed by atoms with van der Waals surface area (Å²) in [6.07, 6.45) is -0.294. The Morgan fingerprint density at radius 3 is 2.08 bits per heavy atom. The molecule has 2 aromatic rings. The number of esters is 1. The number of rotatable bonds is 7. The van der Waals surface area contributed by atoms with Crippen LogP contribution in [0, 0.1) is 16.0 Å². The molecule has 0 amide bonds. The van der Waals surface area contributed by atoms with Crippen LogP contribution < -0.4 is 0 Å². The summed E-state index contributed by atoms with van der Waals surface area (Å²) in [6.45, 7) is 0. The molecule has 2 rings (SSSR count). The number of methoxy groups -OCH3 is 1. The van der Waals surface area contributed by atoms with Gasteiger partial charge >= 0.3 is 5.97 Å². The molecular formula is C18H17NO5. The second kappa shape index (κ2) is 8.01. The third-order valence-corrected chi connectivity index (χ3v) is 3.75. The molecule has 0 radical (unpaired) electrons. The molecule has 2 aromatic carbocycles. The van der Waals surface area contributed by atoms with Crippen LogP contribution in [0.1, 0.15) is 28.4 Å². The molecule has 0 N–H and O–H groups in total. The Hall–Kier alpha value is -3.02. The predicted molar refractivity (Wildman–Crippen MR) is 87.1 cm³/mol. The van der Waals surface area contributed by atoms with Crippen molar-refractivity contribution < 1.29 is 19.2 Å². The highest BCUT2D eigenvalue weighted by atomic mass is 16.6. The van der Waals surface area contributed by atoms with E-state index in [2.05, 4.69) is 0 Å². The average Bonchev–Trinajstić information content (AvgIpc) is 2.61. The van der Waals surface area contributed by atoms with E-state index in [9.17, 15) is 19.7 Å². The molecule has 124 valence electrons. The predicted octanol–water partition coefficient (Wildman–Crippen LogP) is 3.07. The van der Waals surface area contributed by atoms with E-state index in [4.69, 9.17) is 4.74 Å². The zero-order chi connectivity index (χ0) is 17.5. The van der Waals surface area contributed by atoms with Crippen molar-refractivity contribution >= 4 is 11.8 Å². The fraction of sp³-hybridized carbons (Fsp3) is 0.222. The van der Waals surface area contributed by atoms with Gasteiger partial charge in [0.15, 0.2) is 5.78 Å². The van der Waals surface area contributed by atoms with Crippen molar-refractivity contribution in [2.24, 2.45) is 5.92 Å². The van der Waals surface area contributed by atoms with E-state index in [1.807, 2.05) is 0 Å². The maximum Gasteiger partial charge on any atom is 0.316 e. The lowest BCUT2D eigenvalue weighted by Crippen LogP contribution is -2.31. The Morgan fingerprint density at radius 1 is 1.04 bits per heavy atom. The molecule has 0 heterocycles. The number of carbonyl (C=O) groups excluding carboxylic acids is 2. The number of nitrogens with zero attached hydrogens (tertiary/aromatic N) is 1. The minimum atomic E-state index is -1.34. The van der Waals surface area contributed by atoms with E-state index >= 15 is 0 Å². The Morgan fingerprint density at radius 2 is 1.58 bits per heavy atom. The van der Waals surface area contributed by atoms with Gasteiger partial charge in [-0.25, -0.2) is 0 Å². The van der Waals surface area contributed by atoms with Crippen LogP contribution in [0.2, 0.25) is 0 Å². The standard InChI is InChI=1S/C18H17NO5/c1-24-18(21)15(12-16(20)13-8-4-2-5-9-13)17(19(22)23)14-10-6-3-7-11-14/h2-11,15,17H,12H2,1H3/t15-,17-/m0/s1. The zero-order valence-corrected chi connectivity index (χ0v) is 13.1. The molecular weight excluding hydrogens is 310 g/mol. The topological polar surface area (TPSA) is 86.5 Å². The van der Waals surface area contributed by atoms with Gasteiger partial charge in [-0.15, -0.1) is 0 Å². The Bertz CT molecular complexity index is 715.